The van der Waals surface area contributed by atoms with E-state index in [0.717, 1.165) is 11.9 Å². The maximum Gasteiger partial charge on any atom is 0.257 e. The number of sulfone groups is 1. The lowest BCUT2D eigenvalue weighted by Gasteiger charge is -2.39. The summed E-state index contributed by atoms with van der Waals surface area (Å²) in [7, 11) is -4.75. The van der Waals surface area contributed by atoms with Crippen molar-refractivity contribution in [1.82, 2.24) is 9.55 Å². The van der Waals surface area contributed by atoms with Crippen molar-refractivity contribution >= 4 is 54.4 Å². The minimum Gasteiger partial charge on any atom is -0.368 e. The molecule has 4 rings (SSSR count). The van der Waals surface area contributed by atoms with Gasteiger partial charge in [-0.15, -0.1) is 0 Å². The number of benzene rings is 1. The third kappa shape index (κ3) is 5.95. The Labute approximate surface area is 208 Å². The van der Waals surface area contributed by atoms with Crippen molar-refractivity contribution in [3.63, 3.8) is 0 Å². The van der Waals surface area contributed by atoms with E-state index in [0.29, 0.717) is 35.7 Å². The first-order valence-electron chi connectivity index (χ1n) is 10.4. The average Bonchev–Trinajstić information content (AvgIpc) is 3.06. The Morgan fingerprint density at radius 2 is 1.74 bits per heavy atom. The summed E-state index contributed by atoms with van der Waals surface area (Å²) in [6, 6.07) is 9.81. The molecule has 0 aliphatic carbocycles. The van der Waals surface area contributed by atoms with Gasteiger partial charge in [-0.05, 0) is 36.4 Å². The molecular formula is C22H24ClN5O5S2. The Bertz CT molecular complexity index is 1500. The number of rotatable bonds is 7. The highest BCUT2D eigenvalue weighted by Gasteiger charge is 2.34. The van der Waals surface area contributed by atoms with Crippen molar-refractivity contribution in [1.29, 1.82) is 0 Å². The van der Waals surface area contributed by atoms with E-state index >= 15 is 0 Å². The van der Waals surface area contributed by atoms with Crippen molar-refractivity contribution in [3.05, 3.63) is 59.4 Å². The zero-order valence-electron chi connectivity index (χ0n) is 19.2. The second-order valence-corrected chi connectivity index (χ2v) is 13.1. The number of carbonyl (C=O) groups excluding carboxylic acids is 1. The molecule has 2 N–H and O–H groups in total. The summed E-state index contributed by atoms with van der Waals surface area (Å²) < 4.78 is 50.3. The van der Waals surface area contributed by atoms with Gasteiger partial charge in [0.2, 0.25) is 10.0 Å². The van der Waals surface area contributed by atoms with Gasteiger partial charge in [0.15, 0.2) is 9.84 Å². The summed E-state index contributed by atoms with van der Waals surface area (Å²) in [5.41, 5.74) is 3.15. The molecular weight excluding hydrogens is 514 g/mol. The highest BCUT2D eigenvalue weighted by Crippen LogP contribution is 2.28. The molecule has 0 bridgehead atoms. The molecule has 1 aliphatic heterocycles. The van der Waals surface area contributed by atoms with E-state index in [2.05, 4.69) is 15.0 Å². The van der Waals surface area contributed by atoms with Crippen molar-refractivity contribution in [2.45, 2.75) is 5.25 Å². The van der Waals surface area contributed by atoms with Crippen LogP contribution in [0.5, 0.6) is 0 Å². The molecule has 1 aliphatic rings. The second-order valence-electron chi connectivity index (χ2n) is 8.54. The van der Waals surface area contributed by atoms with Gasteiger partial charge in [0.1, 0.15) is 0 Å². The smallest absolute Gasteiger partial charge is 0.257 e. The molecule has 0 radical (unpaired) electrons. The Balaban J connectivity index is 1.47. The van der Waals surface area contributed by atoms with Crippen LogP contribution in [0.25, 0.3) is 11.4 Å². The van der Waals surface area contributed by atoms with Gasteiger partial charge in [-0.25, -0.2) is 16.8 Å². The molecule has 1 amide bonds. The normalized spacial score (nSPS) is 14.5. The topological polar surface area (TPSA) is 130 Å². The quantitative estimate of drug-likeness (QED) is 0.473. The summed E-state index contributed by atoms with van der Waals surface area (Å²) in [6.45, 7) is 0.887. The fourth-order valence-corrected chi connectivity index (χ4v) is 5.41. The van der Waals surface area contributed by atoms with Crippen LogP contribution in [0.1, 0.15) is 10.4 Å². The molecule has 0 unspecified atom stereocenters. The van der Waals surface area contributed by atoms with Crippen molar-refractivity contribution in [2.75, 3.05) is 40.5 Å². The van der Waals surface area contributed by atoms with Crippen molar-refractivity contribution in [2.24, 2.45) is 7.05 Å². The van der Waals surface area contributed by atoms with Gasteiger partial charge in [-0.2, -0.15) is 0 Å². The fourth-order valence-electron chi connectivity index (χ4n) is 3.73. The molecule has 35 heavy (non-hydrogen) atoms. The van der Waals surface area contributed by atoms with Crippen molar-refractivity contribution in [3.8, 4) is 11.4 Å². The van der Waals surface area contributed by atoms with Gasteiger partial charge >= 0.3 is 0 Å². The van der Waals surface area contributed by atoms with E-state index in [4.69, 9.17) is 11.6 Å². The lowest BCUT2D eigenvalue weighted by atomic mass is 10.1. The Morgan fingerprint density at radius 1 is 1.06 bits per heavy atom. The van der Waals surface area contributed by atoms with Crippen LogP contribution < -0.4 is 14.9 Å². The third-order valence-electron chi connectivity index (χ3n) is 5.56. The maximum atomic E-state index is 12.8. The number of halogens is 1. The average molecular weight is 538 g/mol. The molecule has 0 spiro atoms. The van der Waals surface area contributed by atoms with Crippen LogP contribution in [-0.2, 0) is 26.9 Å². The first-order chi connectivity index (χ1) is 16.3. The predicted octanol–water partition coefficient (Wildman–Crippen LogP) is 2.60. The summed E-state index contributed by atoms with van der Waals surface area (Å²) in [6.07, 6.45) is 5.61. The molecule has 1 saturated heterocycles. The van der Waals surface area contributed by atoms with E-state index in [9.17, 15) is 21.6 Å². The first kappa shape index (κ1) is 25.0. The standard InChI is InChI=1S/C22H24ClN5O5S2/c1-27-11-14(22(29)25-16-7-15(23)8-17(9-16)26-35(3,32)33)6-21(27)20-5-4-18(10-24-20)28-12-19(13-28)34(2,30)31/h4-11,19,26H,12-13H2,1-3H3,(H,25,29). The molecule has 10 nitrogen and oxygen atoms in total. The van der Waals surface area contributed by atoms with E-state index in [1.54, 1.807) is 30.1 Å². The number of nitrogens with one attached hydrogen (secondary N) is 2. The van der Waals surface area contributed by atoms with Crippen LogP contribution in [-0.4, -0.2) is 63.1 Å². The number of sulfonamides is 1. The van der Waals surface area contributed by atoms with E-state index in [1.807, 2.05) is 17.0 Å². The molecule has 0 saturated carbocycles. The van der Waals surface area contributed by atoms with E-state index < -0.39 is 25.8 Å². The number of aryl methyl sites for hydroxylation is 1. The van der Waals surface area contributed by atoms with Crippen LogP contribution in [0.3, 0.4) is 0 Å². The number of pyridine rings is 1. The second kappa shape index (κ2) is 9.17. The number of hydrogen-bond donors (Lipinski definition) is 2. The Morgan fingerprint density at radius 3 is 2.34 bits per heavy atom. The van der Waals surface area contributed by atoms with Crippen LogP contribution in [0, 0.1) is 0 Å². The zero-order valence-corrected chi connectivity index (χ0v) is 21.6. The number of carbonyl (C=O) groups is 1. The van der Waals surface area contributed by atoms with E-state index in [1.165, 1.54) is 24.5 Å². The molecule has 186 valence electrons. The van der Waals surface area contributed by atoms with Gasteiger partial charge in [-0.3, -0.25) is 14.5 Å². The number of aromatic nitrogens is 2. The van der Waals surface area contributed by atoms with Crippen LogP contribution in [0.4, 0.5) is 17.1 Å². The number of anilines is 3. The van der Waals surface area contributed by atoms with Crippen LogP contribution in [0.2, 0.25) is 5.02 Å². The number of hydrogen-bond acceptors (Lipinski definition) is 7. The van der Waals surface area contributed by atoms with Gasteiger partial charge in [-0.1, -0.05) is 11.6 Å². The Kier molecular flexibility index (Phi) is 6.56. The fraction of sp³-hybridized carbons (Fsp3) is 0.273. The molecule has 3 aromatic rings. The van der Waals surface area contributed by atoms with E-state index in [-0.39, 0.29) is 16.0 Å². The van der Waals surface area contributed by atoms with Gasteiger partial charge < -0.3 is 14.8 Å². The molecule has 0 atom stereocenters. The predicted molar refractivity (Wildman–Crippen MR) is 137 cm³/mol. The minimum atomic E-state index is -3.50. The maximum absolute atomic E-state index is 12.8. The van der Waals surface area contributed by atoms with Gasteiger partial charge in [0, 0.05) is 43.3 Å². The van der Waals surface area contributed by atoms with Gasteiger partial charge in [0.05, 0.1) is 46.0 Å². The summed E-state index contributed by atoms with van der Waals surface area (Å²) >= 11 is 6.07. The largest absolute Gasteiger partial charge is 0.368 e. The Hall–Kier alpha value is -3.09. The molecule has 1 fully saturated rings. The SMILES string of the molecule is Cn1cc(C(=O)Nc2cc(Cl)cc(NS(C)(=O)=O)c2)cc1-c1ccc(N2CC(S(C)(=O)=O)C2)cn1. The molecule has 2 aromatic heterocycles. The van der Waals surface area contributed by atoms with Crippen molar-refractivity contribution < 1.29 is 21.6 Å². The minimum absolute atomic E-state index is 0.235. The monoisotopic (exact) mass is 537 g/mol. The van der Waals surface area contributed by atoms with Gasteiger partial charge in [0.25, 0.3) is 5.91 Å². The number of nitrogens with zero attached hydrogens (tertiary/aromatic N) is 3. The lowest BCUT2D eigenvalue weighted by Crippen LogP contribution is -2.54. The molecule has 13 heteroatoms. The lowest BCUT2D eigenvalue weighted by molar-refractivity contribution is 0.102. The van der Waals surface area contributed by atoms with Crippen LogP contribution in [0.15, 0.2) is 48.8 Å². The molecule has 3 heterocycles. The highest BCUT2D eigenvalue weighted by molar-refractivity contribution is 7.92. The zero-order chi connectivity index (χ0) is 25.5. The summed E-state index contributed by atoms with van der Waals surface area (Å²) in [5.74, 6) is -0.400. The summed E-state index contributed by atoms with van der Waals surface area (Å²) in [4.78, 5) is 19.3. The number of amides is 1. The van der Waals surface area contributed by atoms with Crippen LogP contribution >= 0.6 is 11.6 Å². The third-order valence-corrected chi connectivity index (χ3v) is 7.89. The highest BCUT2D eigenvalue weighted by atomic mass is 35.5. The first-order valence-corrected chi connectivity index (χ1v) is 14.7. The summed E-state index contributed by atoms with van der Waals surface area (Å²) in [5, 5.41) is 2.63. The molecule has 1 aromatic carbocycles.